The molecule has 1 nitrogen and oxygen atoms in total. The molecule has 0 saturated heterocycles. The Morgan fingerprint density at radius 1 is 0.680 bits per heavy atom. The molecule has 3 aromatic rings. The van der Waals surface area contributed by atoms with Gasteiger partial charge in [0.15, 0.2) is 0 Å². The molecule has 0 unspecified atom stereocenters. The van der Waals surface area contributed by atoms with E-state index in [4.69, 9.17) is 5.73 Å². The van der Waals surface area contributed by atoms with Crippen LogP contribution < -0.4 is 5.73 Å². The van der Waals surface area contributed by atoms with Gasteiger partial charge in [0.05, 0.1) is 0 Å². The summed E-state index contributed by atoms with van der Waals surface area (Å²) in [5.74, 6) is 0.525. The van der Waals surface area contributed by atoms with Gasteiger partial charge in [-0.15, -0.1) is 0 Å². The van der Waals surface area contributed by atoms with E-state index in [0.717, 1.165) is 11.3 Å². The van der Waals surface area contributed by atoms with E-state index in [-0.39, 0.29) is 0 Å². The van der Waals surface area contributed by atoms with Crippen molar-refractivity contribution in [3.8, 4) is 22.3 Å². The number of benzene rings is 3. The van der Waals surface area contributed by atoms with Gasteiger partial charge in [0, 0.05) is 11.3 Å². The van der Waals surface area contributed by atoms with Crippen molar-refractivity contribution in [3.05, 3.63) is 76.9 Å². The summed E-state index contributed by atoms with van der Waals surface area (Å²) in [5.41, 5.74) is 17.1. The Bertz CT molecular complexity index is 919. The lowest BCUT2D eigenvalue weighted by Crippen LogP contribution is -1.94. The fraction of sp³-hybridized carbons (Fsp3) is 0.250. The largest absolute Gasteiger partial charge is 0.398 e. The molecule has 0 spiro atoms. The molecule has 0 bridgehead atoms. The highest BCUT2D eigenvalue weighted by Gasteiger charge is 2.09. The predicted octanol–water partition coefficient (Wildman–Crippen LogP) is 6.65. The lowest BCUT2D eigenvalue weighted by molar-refractivity contribution is 0.857. The van der Waals surface area contributed by atoms with E-state index in [1.807, 2.05) is 6.07 Å². The van der Waals surface area contributed by atoms with Gasteiger partial charge < -0.3 is 5.73 Å². The average molecular weight is 329 g/mol. The van der Waals surface area contributed by atoms with Crippen LogP contribution in [0.5, 0.6) is 0 Å². The number of rotatable bonds is 3. The Morgan fingerprint density at radius 2 is 1.40 bits per heavy atom. The van der Waals surface area contributed by atoms with Gasteiger partial charge in [-0.2, -0.15) is 0 Å². The fourth-order valence-corrected chi connectivity index (χ4v) is 3.49. The van der Waals surface area contributed by atoms with E-state index in [1.165, 1.54) is 38.9 Å². The maximum atomic E-state index is 6.28. The molecule has 0 aromatic heterocycles. The molecule has 0 aliphatic rings. The van der Waals surface area contributed by atoms with Crippen LogP contribution in [0, 0.1) is 20.8 Å². The first kappa shape index (κ1) is 17.3. The molecule has 3 rings (SSSR count). The number of aryl methyl sites for hydroxylation is 3. The molecule has 0 saturated carbocycles. The van der Waals surface area contributed by atoms with E-state index < -0.39 is 0 Å². The summed E-state index contributed by atoms with van der Waals surface area (Å²) in [5, 5.41) is 0. The molecule has 3 aromatic carbocycles. The number of nitrogen functional groups attached to an aromatic ring is 1. The van der Waals surface area contributed by atoms with Gasteiger partial charge in [0.1, 0.15) is 0 Å². The normalized spacial score (nSPS) is 11.1. The third kappa shape index (κ3) is 3.61. The molecular formula is C24H27N. The summed E-state index contributed by atoms with van der Waals surface area (Å²) in [4.78, 5) is 0. The molecule has 0 amide bonds. The molecule has 0 heterocycles. The van der Waals surface area contributed by atoms with Crippen LogP contribution in [0.4, 0.5) is 5.69 Å². The van der Waals surface area contributed by atoms with Crippen molar-refractivity contribution < 1.29 is 0 Å². The first-order chi connectivity index (χ1) is 11.8. The third-order valence-corrected chi connectivity index (χ3v) is 4.83. The van der Waals surface area contributed by atoms with Crippen molar-refractivity contribution in [1.82, 2.24) is 0 Å². The van der Waals surface area contributed by atoms with Crippen molar-refractivity contribution in [1.29, 1.82) is 0 Å². The lowest BCUT2D eigenvalue weighted by Gasteiger charge is -2.14. The molecule has 2 N–H and O–H groups in total. The second-order valence-corrected chi connectivity index (χ2v) is 7.40. The van der Waals surface area contributed by atoms with Gasteiger partial charge >= 0.3 is 0 Å². The zero-order valence-corrected chi connectivity index (χ0v) is 15.9. The quantitative estimate of drug-likeness (QED) is 0.535. The Kier molecular flexibility index (Phi) is 4.67. The molecule has 0 radical (unpaired) electrons. The SMILES string of the molecule is Cc1cc(-c2ccc(C)c(C(C)C)c2)cc(-c2ccc(C)cc2N)c1. The minimum absolute atomic E-state index is 0.525. The van der Waals surface area contributed by atoms with E-state index >= 15 is 0 Å². The summed E-state index contributed by atoms with van der Waals surface area (Å²) < 4.78 is 0. The number of hydrogen-bond donors (Lipinski definition) is 1. The van der Waals surface area contributed by atoms with Crippen LogP contribution >= 0.6 is 0 Å². The highest BCUT2D eigenvalue weighted by atomic mass is 14.6. The van der Waals surface area contributed by atoms with Gasteiger partial charge in [-0.05, 0) is 77.8 Å². The van der Waals surface area contributed by atoms with E-state index in [2.05, 4.69) is 83.1 Å². The molecule has 0 aliphatic carbocycles. The standard InChI is InChI=1S/C24H27N/c1-15(2)23-14-19(8-7-18(23)5)20-10-17(4)11-21(13-20)22-9-6-16(3)12-24(22)25/h6-15H,25H2,1-5H3. The maximum absolute atomic E-state index is 6.28. The molecule has 1 heteroatoms. The zero-order chi connectivity index (χ0) is 18.1. The third-order valence-electron chi connectivity index (χ3n) is 4.83. The van der Waals surface area contributed by atoms with Gasteiger partial charge in [-0.3, -0.25) is 0 Å². The molecule has 128 valence electrons. The van der Waals surface area contributed by atoms with Crippen molar-refractivity contribution in [3.63, 3.8) is 0 Å². The summed E-state index contributed by atoms with van der Waals surface area (Å²) in [7, 11) is 0. The van der Waals surface area contributed by atoms with Crippen LogP contribution in [0.1, 0.15) is 42.0 Å². The second kappa shape index (κ2) is 6.76. The van der Waals surface area contributed by atoms with Crippen LogP contribution in [-0.2, 0) is 0 Å². The van der Waals surface area contributed by atoms with Gasteiger partial charge in [-0.1, -0.05) is 56.3 Å². The smallest absolute Gasteiger partial charge is 0.0396 e. The Morgan fingerprint density at radius 3 is 2.08 bits per heavy atom. The molecule has 25 heavy (non-hydrogen) atoms. The minimum atomic E-state index is 0.525. The number of nitrogens with two attached hydrogens (primary N) is 1. The van der Waals surface area contributed by atoms with Gasteiger partial charge in [-0.25, -0.2) is 0 Å². The van der Waals surface area contributed by atoms with Gasteiger partial charge in [0.2, 0.25) is 0 Å². The summed E-state index contributed by atoms with van der Waals surface area (Å²) in [6.07, 6.45) is 0. The summed E-state index contributed by atoms with van der Waals surface area (Å²) in [6, 6.07) is 19.8. The molecule has 0 atom stereocenters. The predicted molar refractivity (Wildman–Crippen MR) is 110 cm³/mol. The van der Waals surface area contributed by atoms with E-state index in [9.17, 15) is 0 Å². The zero-order valence-electron chi connectivity index (χ0n) is 15.9. The summed E-state index contributed by atoms with van der Waals surface area (Å²) >= 11 is 0. The maximum Gasteiger partial charge on any atom is 0.0396 e. The van der Waals surface area contributed by atoms with Crippen LogP contribution in [0.25, 0.3) is 22.3 Å². The molecular weight excluding hydrogens is 302 g/mol. The van der Waals surface area contributed by atoms with Crippen LogP contribution in [0.3, 0.4) is 0 Å². The Balaban J connectivity index is 2.13. The first-order valence-electron chi connectivity index (χ1n) is 8.94. The Hall–Kier alpha value is -2.54. The van der Waals surface area contributed by atoms with Crippen molar-refractivity contribution in [2.75, 3.05) is 5.73 Å². The lowest BCUT2D eigenvalue weighted by atomic mass is 9.91. The van der Waals surface area contributed by atoms with Crippen LogP contribution in [0.2, 0.25) is 0 Å². The molecule has 0 aliphatic heterocycles. The van der Waals surface area contributed by atoms with E-state index in [1.54, 1.807) is 0 Å². The second-order valence-electron chi connectivity index (χ2n) is 7.40. The Labute approximate surface area is 151 Å². The van der Waals surface area contributed by atoms with Crippen LogP contribution in [0.15, 0.2) is 54.6 Å². The number of hydrogen-bond acceptors (Lipinski definition) is 1. The van der Waals surface area contributed by atoms with E-state index in [0.29, 0.717) is 5.92 Å². The minimum Gasteiger partial charge on any atom is -0.398 e. The van der Waals surface area contributed by atoms with Crippen molar-refractivity contribution in [2.24, 2.45) is 0 Å². The highest BCUT2D eigenvalue weighted by molar-refractivity contribution is 5.81. The van der Waals surface area contributed by atoms with Crippen molar-refractivity contribution in [2.45, 2.75) is 40.5 Å². The summed E-state index contributed by atoms with van der Waals surface area (Å²) in [6.45, 7) is 10.9. The average Bonchev–Trinajstić information content (AvgIpc) is 2.54. The fourth-order valence-electron chi connectivity index (χ4n) is 3.49. The van der Waals surface area contributed by atoms with Crippen molar-refractivity contribution >= 4 is 5.69 Å². The number of anilines is 1. The molecule has 0 fully saturated rings. The topological polar surface area (TPSA) is 26.0 Å². The highest BCUT2D eigenvalue weighted by Crippen LogP contribution is 2.33. The monoisotopic (exact) mass is 329 g/mol. The first-order valence-corrected chi connectivity index (χ1v) is 8.94. The van der Waals surface area contributed by atoms with Crippen LogP contribution in [-0.4, -0.2) is 0 Å². The van der Waals surface area contributed by atoms with Gasteiger partial charge in [0.25, 0.3) is 0 Å².